The predicted octanol–water partition coefficient (Wildman–Crippen LogP) is 5.18. The van der Waals surface area contributed by atoms with Crippen LogP contribution in [0.2, 0.25) is 5.02 Å². The molecule has 0 fully saturated rings. The molecule has 0 aromatic heterocycles. The van der Waals surface area contributed by atoms with E-state index in [1.807, 2.05) is 49.4 Å². The summed E-state index contributed by atoms with van der Waals surface area (Å²) in [6.07, 6.45) is 0.784. The van der Waals surface area contributed by atoms with Crippen LogP contribution in [0, 0.1) is 6.92 Å². The van der Waals surface area contributed by atoms with E-state index in [-0.39, 0.29) is 5.38 Å². The minimum atomic E-state index is -0.0515. The summed E-state index contributed by atoms with van der Waals surface area (Å²) in [7, 11) is 1.66. The highest BCUT2D eigenvalue weighted by molar-refractivity contribution is 6.31. The number of aryl methyl sites for hydroxylation is 1. The summed E-state index contributed by atoms with van der Waals surface area (Å²) < 4.78 is 5.14. The Bertz CT molecular complexity index is 549. The van der Waals surface area contributed by atoms with Crippen molar-refractivity contribution in [3.8, 4) is 5.75 Å². The maximum atomic E-state index is 6.46. The zero-order valence-electron chi connectivity index (χ0n) is 11.0. The molecule has 0 radical (unpaired) electrons. The lowest BCUT2D eigenvalue weighted by atomic mass is 10.0. The van der Waals surface area contributed by atoms with Crippen LogP contribution in [0.1, 0.15) is 22.1 Å². The van der Waals surface area contributed by atoms with E-state index in [4.69, 9.17) is 27.9 Å². The molecule has 0 amide bonds. The van der Waals surface area contributed by atoms with Gasteiger partial charge in [0.25, 0.3) is 0 Å². The summed E-state index contributed by atoms with van der Waals surface area (Å²) in [5, 5.41) is 0.724. The second kappa shape index (κ2) is 6.31. The second-order valence-corrected chi connectivity index (χ2v) is 5.46. The van der Waals surface area contributed by atoms with Crippen molar-refractivity contribution in [1.82, 2.24) is 0 Å². The van der Waals surface area contributed by atoms with E-state index in [1.54, 1.807) is 7.11 Å². The Morgan fingerprint density at radius 1 is 1.11 bits per heavy atom. The number of ether oxygens (including phenoxy) is 1. The average Bonchev–Trinajstić information content (AvgIpc) is 2.42. The van der Waals surface area contributed by atoms with E-state index in [9.17, 15) is 0 Å². The van der Waals surface area contributed by atoms with Crippen molar-refractivity contribution in [3.63, 3.8) is 0 Å². The van der Waals surface area contributed by atoms with Gasteiger partial charge < -0.3 is 4.74 Å². The van der Waals surface area contributed by atoms with Crippen molar-refractivity contribution >= 4 is 23.2 Å². The van der Waals surface area contributed by atoms with Crippen molar-refractivity contribution in [2.24, 2.45) is 0 Å². The Labute approximate surface area is 124 Å². The van der Waals surface area contributed by atoms with Crippen LogP contribution >= 0.6 is 23.2 Å². The third kappa shape index (κ3) is 3.65. The molecule has 0 aliphatic carbocycles. The molecule has 2 aromatic rings. The molecule has 0 heterocycles. The summed E-state index contributed by atoms with van der Waals surface area (Å²) in [4.78, 5) is 0. The van der Waals surface area contributed by atoms with Gasteiger partial charge in [-0.2, -0.15) is 0 Å². The van der Waals surface area contributed by atoms with E-state index in [0.29, 0.717) is 0 Å². The van der Waals surface area contributed by atoms with Crippen LogP contribution in [0.25, 0.3) is 0 Å². The smallest absolute Gasteiger partial charge is 0.118 e. The first kappa shape index (κ1) is 14.2. The van der Waals surface area contributed by atoms with Gasteiger partial charge in [0.15, 0.2) is 0 Å². The van der Waals surface area contributed by atoms with Crippen LogP contribution in [0.4, 0.5) is 0 Å². The average molecular weight is 295 g/mol. The van der Waals surface area contributed by atoms with Crippen LogP contribution in [0.15, 0.2) is 42.5 Å². The third-order valence-corrected chi connectivity index (χ3v) is 3.95. The van der Waals surface area contributed by atoms with Crippen LogP contribution in [0.5, 0.6) is 5.75 Å². The fraction of sp³-hybridized carbons (Fsp3) is 0.250. The highest BCUT2D eigenvalue weighted by Gasteiger charge is 2.10. The summed E-state index contributed by atoms with van der Waals surface area (Å²) >= 11 is 12.5. The normalized spacial score (nSPS) is 12.2. The molecule has 1 atom stereocenters. The number of hydrogen-bond donors (Lipinski definition) is 0. The monoisotopic (exact) mass is 294 g/mol. The van der Waals surface area contributed by atoms with Crippen LogP contribution in [0.3, 0.4) is 0 Å². The summed E-state index contributed by atoms with van der Waals surface area (Å²) in [5.74, 6) is 0.859. The molecule has 0 aliphatic heterocycles. The van der Waals surface area contributed by atoms with Crippen LogP contribution < -0.4 is 4.74 Å². The number of rotatable bonds is 4. The standard InChI is InChI=1S/C16H16Cl2O/c1-11-9-13(5-8-15(11)17)16(18)10-12-3-6-14(19-2)7-4-12/h3-9,16H,10H2,1-2H3. The summed E-state index contributed by atoms with van der Waals surface area (Å²) in [5.41, 5.74) is 3.34. The predicted molar refractivity (Wildman–Crippen MR) is 81.5 cm³/mol. The molecule has 100 valence electrons. The first-order valence-corrected chi connectivity index (χ1v) is 6.94. The van der Waals surface area contributed by atoms with Crippen molar-refractivity contribution in [1.29, 1.82) is 0 Å². The fourth-order valence-electron chi connectivity index (χ4n) is 1.95. The first-order chi connectivity index (χ1) is 9.10. The van der Waals surface area contributed by atoms with Gasteiger partial charge in [-0.25, -0.2) is 0 Å². The molecular weight excluding hydrogens is 279 g/mol. The summed E-state index contributed by atoms with van der Waals surface area (Å²) in [6.45, 7) is 1.99. The van der Waals surface area contributed by atoms with Crippen molar-refractivity contribution < 1.29 is 4.74 Å². The molecule has 0 spiro atoms. The highest BCUT2D eigenvalue weighted by atomic mass is 35.5. The molecule has 0 saturated carbocycles. The quantitative estimate of drug-likeness (QED) is 0.706. The van der Waals surface area contributed by atoms with Gasteiger partial charge in [0.1, 0.15) is 5.75 Å². The number of hydrogen-bond acceptors (Lipinski definition) is 1. The third-order valence-electron chi connectivity index (χ3n) is 3.12. The lowest BCUT2D eigenvalue weighted by Gasteiger charge is -2.12. The fourth-order valence-corrected chi connectivity index (χ4v) is 2.38. The van der Waals surface area contributed by atoms with E-state index >= 15 is 0 Å². The lowest BCUT2D eigenvalue weighted by Crippen LogP contribution is -1.97. The highest BCUT2D eigenvalue weighted by Crippen LogP contribution is 2.28. The zero-order valence-corrected chi connectivity index (χ0v) is 12.5. The molecule has 1 nitrogen and oxygen atoms in total. The Morgan fingerprint density at radius 2 is 1.79 bits per heavy atom. The second-order valence-electron chi connectivity index (χ2n) is 4.53. The molecule has 0 N–H and O–H groups in total. The molecule has 3 heteroatoms. The Morgan fingerprint density at radius 3 is 2.37 bits per heavy atom. The van der Waals surface area contributed by atoms with E-state index in [0.717, 1.165) is 28.3 Å². The largest absolute Gasteiger partial charge is 0.497 e. The van der Waals surface area contributed by atoms with Crippen LogP contribution in [-0.4, -0.2) is 7.11 Å². The van der Waals surface area contributed by atoms with Gasteiger partial charge >= 0.3 is 0 Å². The lowest BCUT2D eigenvalue weighted by molar-refractivity contribution is 0.414. The minimum absolute atomic E-state index is 0.0515. The zero-order chi connectivity index (χ0) is 13.8. The van der Waals surface area contributed by atoms with E-state index in [1.165, 1.54) is 5.56 Å². The van der Waals surface area contributed by atoms with Gasteiger partial charge in [-0.3, -0.25) is 0 Å². The number of benzene rings is 2. The molecule has 0 aliphatic rings. The van der Waals surface area contributed by atoms with Crippen LogP contribution in [-0.2, 0) is 6.42 Å². The van der Waals surface area contributed by atoms with Gasteiger partial charge in [-0.05, 0) is 48.2 Å². The Kier molecular flexibility index (Phi) is 4.73. The SMILES string of the molecule is COc1ccc(CC(Cl)c2ccc(Cl)c(C)c2)cc1. The topological polar surface area (TPSA) is 9.23 Å². The molecule has 19 heavy (non-hydrogen) atoms. The van der Waals surface area contributed by atoms with Crippen molar-refractivity contribution in [3.05, 3.63) is 64.2 Å². The van der Waals surface area contributed by atoms with E-state index in [2.05, 4.69) is 0 Å². The molecule has 0 bridgehead atoms. The number of alkyl halides is 1. The Balaban J connectivity index is 2.10. The van der Waals surface area contributed by atoms with Gasteiger partial charge in [0.05, 0.1) is 12.5 Å². The van der Waals surface area contributed by atoms with Gasteiger partial charge in [-0.15, -0.1) is 11.6 Å². The molecular formula is C16H16Cl2O. The van der Waals surface area contributed by atoms with Crippen molar-refractivity contribution in [2.75, 3.05) is 7.11 Å². The van der Waals surface area contributed by atoms with Crippen molar-refractivity contribution in [2.45, 2.75) is 18.7 Å². The maximum absolute atomic E-state index is 6.46. The number of methoxy groups -OCH3 is 1. The van der Waals surface area contributed by atoms with Gasteiger partial charge in [-0.1, -0.05) is 35.9 Å². The summed E-state index contributed by atoms with van der Waals surface area (Å²) in [6, 6.07) is 13.9. The van der Waals surface area contributed by atoms with Gasteiger partial charge in [0, 0.05) is 5.02 Å². The molecule has 0 saturated heterocycles. The maximum Gasteiger partial charge on any atom is 0.118 e. The van der Waals surface area contributed by atoms with Gasteiger partial charge in [0.2, 0.25) is 0 Å². The minimum Gasteiger partial charge on any atom is -0.497 e. The first-order valence-electron chi connectivity index (χ1n) is 6.13. The molecule has 2 aromatic carbocycles. The number of halogens is 2. The van der Waals surface area contributed by atoms with E-state index < -0.39 is 0 Å². The molecule has 1 unspecified atom stereocenters. The Hall–Kier alpha value is -1.18. The molecule has 2 rings (SSSR count).